The van der Waals surface area contributed by atoms with Gasteiger partial charge in [0.25, 0.3) is 11.8 Å². The van der Waals surface area contributed by atoms with E-state index in [0.717, 1.165) is 19.9 Å². The van der Waals surface area contributed by atoms with Crippen LogP contribution in [0.15, 0.2) is 48.5 Å². The lowest BCUT2D eigenvalue weighted by Crippen LogP contribution is -3.11. The molecule has 25 heavy (non-hydrogen) atoms. The van der Waals surface area contributed by atoms with E-state index in [4.69, 9.17) is 4.74 Å². The second-order valence-corrected chi connectivity index (χ2v) is 6.89. The number of likely N-dealkylation sites (N-methyl/N-ethyl adjacent to an activating group) is 1. The number of halogens is 1. The first-order valence-corrected chi connectivity index (χ1v) is 8.85. The van der Waals surface area contributed by atoms with Gasteiger partial charge in [-0.2, -0.15) is 0 Å². The van der Waals surface area contributed by atoms with Gasteiger partial charge in [0.1, 0.15) is 5.75 Å². The molecule has 7 heteroatoms. The maximum absolute atomic E-state index is 12.1. The first-order valence-electron chi connectivity index (χ1n) is 7.77. The number of anilines is 2. The Balaban J connectivity index is 1.79. The molecular formula is C18H21IN3O3+. The molecule has 0 heterocycles. The molecule has 1 atom stereocenters. The standard InChI is InChI=1S/C18H20IN3O3/c1-22(12-18(24)21-15-5-3-4-13(19)10-15)11-17(23)20-14-6-8-16(25-2)9-7-14/h3-10H,11-12H2,1-2H3,(H,20,23)(H,21,24)/p+1. The van der Waals surface area contributed by atoms with Gasteiger partial charge in [0.05, 0.1) is 14.2 Å². The van der Waals surface area contributed by atoms with Crippen LogP contribution in [-0.4, -0.2) is 39.1 Å². The quantitative estimate of drug-likeness (QED) is 0.554. The second kappa shape index (κ2) is 9.38. The molecule has 0 aliphatic rings. The normalized spacial score (nSPS) is 11.5. The van der Waals surface area contributed by atoms with Crippen molar-refractivity contribution in [2.24, 2.45) is 0 Å². The molecule has 3 N–H and O–H groups in total. The largest absolute Gasteiger partial charge is 0.497 e. The highest BCUT2D eigenvalue weighted by atomic mass is 127. The number of methoxy groups -OCH3 is 1. The molecule has 0 saturated heterocycles. The third kappa shape index (κ3) is 6.71. The fourth-order valence-electron chi connectivity index (χ4n) is 2.26. The van der Waals surface area contributed by atoms with Crippen molar-refractivity contribution < 1.29 is 19.2 Å². The van der Waals surface area contributed by atoms with Crippen LogP contribution in [0.5, 0.6) is 5.75 Å². The third-order valence-corrected chi connectivity index (χ3v) is 4.08. The number of hydrogen-bond acceptors (Lipinski definition) is 3. The minimum Gasteiger partial charge on any atom is -0.497 e. The van der Waals surface area contributed by atoms with E-state index >= 15 is 0 Å². The summed E-state index contributed by atoms with van der Waals surface area (Å²) in [6.45, 7) is 0.410. The zero-order valence-corrected chi connectivity index (χ0v) is 16.3. The average Bonchev–Trinajstić information content (AvgIpc) is 2.55. The lowest BCUT2D eigenvalue weighted by Gasteiger charge is -2.14. The van der Waals surface area contributed by atoms with Gasteiger partial charge in [0.2, 0.25) is 0 Å². The minimum absolute atomic E-state index is 0.128. The molecule has 0 bridgehead atoms. The Hall–Kier alpha value is -2.13. The van der Waals surface area contributed by atoms with Gasteiger partial charge < -0.3 is 20.3 Å². The number of rotatable bonds is 7. The van der Waals surface area contributed by atoms with E-state index in [9.17, 15) is 9.59 Å². The summed E-state index contributed by atoms with van der Waals surface area (Å²) in [5, 5.41) is 5.65. The number of quaternary nitrogens is 1. The van der Waals surface area contributed by atoms with Crippen LogP contribution in [0.25, 0.3) is 0 Å². The molecule has 0 radical (unpaired) electrons. The topological polar surface area (TPSA) is 71.9 Å². The summed E-state index contributed by atoms with van der Waals surface area (Å²) in [6.07, 6.45) is 0. The second-order valence-electron chi connectivity index (χ2n) is 5.65. The monoisotopic (exact) mass is 454 g/mol. The molecule has 2 aromatic carbocycles. The molecule has 2 aromatic rings. The highest BCUT2D eigenvalue weighted by molar-refractivity contribution is 14.1. The van der Waals surface area contributed by atoms with Gasteiger partial charge in [-0.05, 0) is 65.1 Å². The van der Waals surface area contributed by atoms with E-state index in [-0.39, 0.29) is 24.9 Å². The van der Waals surface area contributed by atoms with Crippen molar-refractivity contribution in [2.75, 3.05) is 37.9 Å². The van der Waals surface area contributed by atoms with Gasteiger partial charge in [-0.25, -0.2) is 0 Å². The van der Waals surface area contributed by atoms with Crippen molar-refractivity contribution in [3.63, 3.8) is 0 Å². The van der Waals surface area contributed by atoms with E-state index in [0.29, 0.717) is 5.69 Å². The van der Waals surface area contributed by atoms with Crippen LogP contribution < -0.4 is 20.3 Å². The first-order chi connectivity index (χ1) is 12.0. The lowest BCUT2D eigenvalue weighted by molar-refractivity contribution is -0.862. The van der Waals surface area contributed by atoms with Crippen molar-refractivity contribution >= 4 is 45.8 Å². The lowest BCUT2D eigenvalue weighted by atomic mass is 10.3. The Labute approximate surface area is 160 Å². The molecule has 0 fully saturated rings. The number of benzene rings is 2. The summed E-state index contributed by atoms with van der Waals surface area (Å²) < 4.78 is 6.13. The number of carbonyl (C=O) groups excluding carboxylic acids is 2. The molecule has 2 rings (SSSR count). The van der Waals surface area contributed by atoms with E-state index in [2.05, 4.69) is 33.2 Å². The van der Waals surface area contributed by atoms with Crippen LogP contribution in [0.4, 0.5) is 11.4 Å². The summed E-state index contributed by atoms with van der Waals surface area (Å²) >= 11 is 2.19. The molecule has 0 aliphatic carbocycles. The fourth-order valence-corrected chi connectivity index (χ4v) is 2.80. The number of hydrogen-bond donors (Lipinski definition) is 3. The van der Waals surface area contributed by atoms with Crippen LogP contribution in [0.1, 0.15) is 0 Å². The highest BCUT2D eigenvalue weighted by Crippen LogP contribution is 2.14. The Morgan fingerprint density at radius 3 is 2.16 bits per heavy atom. The average molecular weight is 454 g/mol. The molecule has 0 spiro atoms. The maximum Gasteiger partial charge on any atom is 0.279 e. The summed E-state index contributed by atoms with van der Waals surface area (Å²) in [5.74, 6) is 0.453. The van der Waals surface area contributed by atoms with Gasteiger partial charge in [0, 0.05) is 14.9 Å². The van der Waals surface area contributed by atoms with Crippen molar-refractivity contribution in [2.45, 2.75) is 0 Å². The highest BCUT2D eigenvalue weighted by Gasteiger charge is 2.14. The Bertz CT molecular complexity index is 735. The van der Waals surface area contributed by atoms with Crippen molar-refractivity contribution in [1.29, 1.82) is 0 Å². The molecule has 6 nitrogen and oxygen atoms in total. The van der Waals surface area contributed by atoms with Gasteiger partial charge >= 0.3 is 0 Å². The zero-order valence-electron chi connectivity index (χ0n) is 14.1. The number of carbonyl (C=O) groups is 2. The molecular weight excluding hydrogens is 433 g/mol. The van der Waals surface area contributed by atoms with Gasteiger partial charge in [0.15, 0.2) is 13.1 Å². The van der Waals surface area contributed by atoms with E-state index < -0.39 is 0 Å². The van der Waals surface area contributed by atoms with Crippen LogP contribution in [0.3, 0.4) is 0 Å². The molecule has 2 amide bonds. The summed E-state index contributed by atoms with van der Waals surface area (Å²) in [7, 11) is 3.40. The van der Waals surface area contributed by atoms with Gasteiger partial charge in [-0.3, -0.25) is 9.59 Å². The summed E-state index contributed by atoms with van der Waals surface area (Å²) in [6, 6.07) is 14.7. The molecule has 0 aromatic heterocycles. The van der Waals surface area contributed by atoms with E-state index in [1.807, 2.05) is 31.3 Å². The maximum atomic E-state index is 12.1. The van der Waals surface area contributed by atoms with Crippen molar-refractivity contribution in [1.82, 2.24) is 0 Å². The molecule has 1 unspecified atom stereocenters. The first kappa shape index (κ1) is 19.2. The van der Waals surface area contributed by atoms with E-state index in [1.54, 1.807) is 31.4 Å². The van der Waals surface area contributed by atoms with Crippen LogP contribution in [0.2, 0.25) is 0 Å². The summed E-state index contributed by atoms with van der Waals surface area (Å²) in [4.78, 5) is 24.9. The van der Waals surface area contributed by atoms with E-state index in [1.165, 1.54) is 0 Å². The molecule has 0 saturated carbocycles. The minimum atomic E-state index is -0.148. The predicted molar refractivity (Wildman–Crippen MR) is 106 cm³/mol. The van der Waals surface area contributed by atoms with Gasteiger partial charge in [-0.15, -0.1) is 0 Å². The van der Waals surface area contributed by atoms with Crippen molar-refractivity contribution in [3.05, 3.63) is 52.1 Å². The smallest absolute Gasteiger partial charge is 0.279 e. The van der Waals surface area contributed by atoms with Crippen LogP contribution in [-0.2, 0) is 9.59 Å². The zero-order chi connectivity index (χ0) is 18.2. The van der Waals surface area contributed by atoms with Gasteiger partial charge in [-0.1, -0.05) is 6.07 Å². The molecule has 132 valence electrons. The fraction of sp³-hybridized carbons (Fsp3) is 0.222. The number of amides is 2. The SMILES string of the molecule is COc1ccc(NC(=O)C[NH+](C)CC(=O)Nc2cccc(I)c2)cc1. The predicted octanol–water partition coefficient (Wildman–Crippen LogP) is 1.39. The molecule has 0 aliphatic heterocycles. The number of ether oxygens (including phenoxy) is 1. The third-order valence-electron chi connectivity index (χ3n) is 3.41. The Kier molecular flexibility index (Phi) is 7.20. The Morgan fingerprint density at radius 2 is 1.60 bits per heavy atom. The van der Waals surface area contributed by atoms with Crippen LogP contribution in [0, 0.1) is 3.57 Å². The number of nitrogens with one attached hydrogen (secondary N) is 3. The van der Waals surface area contributed by atoms with Crippen LogP contribution >= 0.6 is 22.6 Å². The summed E-state index contributed by atoms with van der Waals surface area (Å²) in [5.41, 5.74) is 1.45. The van der Waals surface area contributed by atoms with Crippen molar-refractivity contribution in [3.8, 4) is 5.75 Å². The Morgan fingerprint density at radius 1 is 1.00 bits per heavy atom.